The van der Waals surface area contributed by atoms with Crippen LogP contribution < -0.4 is 0 Å². The second kappa shape index (κ2) is 8.46. The number of esters is 1. The van der Waals surface area contributed by atoms with Gasteiger partial charge in [-0.3, -0.25) is 19.3 Å². The molecule has 1 aromatic rings. The number of methoxy groups -OCH3 is 1. The molecule has 0 atom stereocenters. The molecule has 0 unspecified atom stereocenters. The van der Waals surface area contributed by atoms with Crippen LogP contribution in [0.15, 0.2) is 24.3 Å². The third kappa shape index (κ3) is 4.41. The lowest BCUT2D eigenvalue weighted by Crippen LogP contribution is -2.30. The van der Waals surface area contributed by atoms with Crippen LogP contribution in [-0.4, -0.2) is 36.3 Å². The monoisotopic (exact) mass is 317 g/mol. The number of unbranched alkanes of at least 4 members (excludes halogenated alkanes) is 5. The van der Waals surface area contributed by atoms with E-state index >= 15 is 0 Å². The van der Waals surface area contributed by atoms with E-state index in [-0.39, 0.29) is 17.8 Å². The van der Waals surface area contributed by atoms with Gasteiger partial charge in [-0.25, -0.2) is 0 Å². The minimum atomic E-state index is -0.177. The Hall–Kier alpha value is -2.17. The van der Waals surface area contributed by atoms with Crippen molar-refractivity contribution in [3.05, 3.63) is 35.4 Å². The van der Waals surface area contributed by atoms with Gasteiger partial charge in [0.05, 0.1) is 18.2 Å². The zero-order chi connectivity index (χ0) is 16.7. The number of carbonyl (C=O) groups is 3. The van der Waals surface area contributed by atoms with Crippen molar-refractivity contribution in [2.24, 2.45) is 0 Å². The average Bonchev–Trinajstić information content (AvgIpc) is 2.82. The highest BCUT2D eigenvalue weighted by Crippen LogP contribution is 2.22. The summed E-state index contributed by atoms with van der Waals surface area (Å²) in [4.78, 5) is 36.6. The first-order valence-electron chi connectivity index (χ1n) is 8.17. The first-order chi connectivity index (χ1) is 11.1. The summed E-state index contributed by atoms with van der Waals surface area (Å²) in [5, 5.41) is 0. The summed E-state index contributed by atoms with van der Waals surface area (Å²) in [6.45, 7) is 0.481. The Morgan fingerprint density at radius 2 is 1.43 bits per heavy atom. The molecule has 0 aromatic heterocycles. The van der Waals surface area contributed by atoms with Crippen molar-refractivity contribution in [3.8, 4) is 0 Å². The molecule has 5 heteroatoms. The summed E-state index contributed by atoms with van der Waals surface area (Å²) >= 11 is 0. The van der Waals surface area contributed by atoms with Crippen molar-refractivity contribution in [1.29, 1.82) is 0 Å². The third-order valence-corrected chi connectivity index (χ3v) is 4.12. The van der Waals surface area contributed by atoms with Crippen LogP contribution in [0, 0.1) is 0 Å². The highest BCUT2D eigenvalue weighted by molar-refractivity contribution is 6.21. The smallest absolute Gasteiger partial charge is 0.305 e. The molecule has 23 heavy (non-hydrogen) atoms. The first-order valence-corrected chi connectivity index (χ1v) is 8.17. The lowest BCUT2D eigenvalue weighted by molar-refractivity contribution is -0.140. The average molecular weight is 317 g/mol. The molecule has 0 radical (unpaired) electrons. The van der Waals surface area contributed by atoms with Crippen LogP contribution in [0.25, 0.3) is 0 Å². The molecular weight excluding hydrogens is 294 g/mol. The second-order valence-electron chi connectivity index (χ2n) is 5.75. The minimum absolute atomic E-state index is 0.157. The number of imide groups is 1. The molecule has 5 nitrogen and oxygen atoms in total. The molecule has 0 saturated heterocycles. The molecule has 124 valence electrons. The molecule has 1 aromatic carbocycles. The van der Waals surface area contributed by atoms with Crippen molar-refractivity contribution in [3.63, 3.8) is 0 Å². The van der Waals surface area contributed by atoms with Crippen molar-refractivity contribution in [1.82, 2.24) is 4.90 Å². The van der Waals surface area contributed by atoms with E-state index in [0.29, 0.717) is 24.1 Å². The van der Waals surface area contributed by atoms with Gasteiger partial charge in [-0.05, 0) is 25.0 Å². The number of carbonyl (C=O) groups excluding carboxylic acids is 3. The maximum atomic E-state index is 12.2. The molecule has 1 aliphatic heterocycles. The zero-order valence-electron chi connectivity index (χ0n) is 13.5. The molecule has 0 fully saturated rings. The third-order valence-electron chi connectivity index (χ3n) is 4.12. The molecule has 1 aliphatic rings. The summed E-state index contributed by atoms with van der Waals surface area (Å²) in [6, 6.07) is 6.97. The van der Waals surface area contributed by atoms with Crippen molar-refractivity contribution < 1.29 is 19.1 Å². The maximum absolute atomic E-state index is 12.2. The van der Waals surface area contributed by atoms with Gasteiger partial charge < -0.3 is 4.74 Å². The van der Waals surface area contributed by atoms with Gasteiger partial charge in [-0.2, -0.15) is 0 Å². The number of ether oxygens (including phenoxy) is 1. The van der Waals surface area contributed by atoms with Crippen LogP contribution in [0.5, 0.6) is 0 Å². The Morgan fingerprint density at radius 1 is 0.913 bits per heavy atom. The van der Waals surface area contributed by atoms with Crippen molar-refractivity contribution in [2.45, 2.75) is 44.9 Å². The van der Waals surface area contributed by atoms with Gasteiger partial charge in [0.1, 0.15) is 0 Å². The van der Waals surface area contributed by atoms with E-state index in [2.05, 4.69) is 4.74 Å². The number of nitrogens with zero attached hydrogens (tertiary/aromatic N) is 1. The Kier molecular flexibility index (Phi) is 6.32. The van der Waals surface area contributed by atoms with E-state index in [9.17, 15) is 14.4 Å². The number of amides is 2. The summed E-state index contributed by atoms with van der Waals surface area (Å²) in [5.41, 5.74) is 1.03. The molecule has 2 amide bonds. The number of fused-ring (bicyclic) bond motifs is 1. The standard InChI is InChI=1S/C18H23NO4/c1-23-16(20)12-6-4-2-3-5-9-13-19-17(21)14-10-7-8-11-15(14)18(19)22/h7-8,10-11H,2-6,9,12-13H2,1H3. The Balaban J connectivity index is 1.62. The fraction of sp³-hybridized carbons (Fsp3) is 0.500. The zero-order valence-corrected chi connectivity index (χ0v) is 13.5. The normalized spacial score (nSPS) is 13.3. The fourth-order valence-corrected chi connectivity index (χ4v) is 2.79. The van der Waals surface area contributed by atoms with E-state index in [1.807, 2.05) is 0 Å². The van der Waals surface area contributed by atoms with Crippen LogP contribution in [0.4, 0.5) is 0 Å². The summed E-state index contributed by atoms with van der Waals surface area (Å²) < 4.78 is 4.59. The number of hydrogen-bond acceptors (Lipinski definition) is 4. The van der Waals surface area contributed by atoms with Gasteiger partial charge in [0.15, 0.2) is 0 Å². The van der Waals surface area contributed by atoms with E-state index < -0.39 is 0 Å². The molecule has 2 rings (SSSR count). The largest absolute Gasteiger partial charge is 0.469 e. The summed E-state index contributed by atoms with van der Waals surface area (Å²) in [7, 11) is 1.40. The Morgan fingerprint density at radius 3 is 2.00 bits per heavy atom. The SMILES string of the molecule is COC(=O)CCCCCCCCN1C(=O)c2ccccc2C1=O. The van der Waals surface area contributed by atoms with Crippen LogP contribution in [-0.2, 0) is 9.53 Å². The van der Waals surface area contributed by atoms with Crippen LogP contribution >= 0.6 is 0 Å². The van der Waals surface area contributed by atoms with E-state index in [4.69, 9.17) is 0 Å². The molecule has 1 heterocycles. The van der Waals surface area contributed by atoms with Crippen molar-refractivity contribution >= 4 is 17.8 Å². The molecular formula is C18H23NO4. The lowest BCUT2D eigenvalue weighted by Gasteiger charge is -2.13. The fourth-order valence-electron chi connectivity index (χ4n) is 2.79. The second-order valence-corrected chi connectivity index (χ2v) is 5.75. The van der Waals surface area contributed by atoms with Gasteiger partial charge in [0.2, 0.25) is 0 Å². The van der Waals surface area contributed by atoms with Crippen molar-refractivity contribution in [2.75, 3.05) is 13.7 Å². The highest BCUT2D eigenvalue weighted by atomic mass is 16.5. The van der Waals surface area contributed by atoms with Crippen LogP contribution in [0.3, 0.4) is 0 Å². The summed E-state index contributed by atoms with van der Waals surface area (Å²) in [6.07, 6.45) is 6.23. The number of rotatable bonds is 9. The topological polar surface area (TPSA) is 63.7 Å². The first kappa shape index (κ1) is 17.2. The molecule has 0 saturated carbocycles. The Labute approximate surface area is 136 Å². The van der Waals surface area contributed by atoms with E-state index in [1.54, 1.807) is 24.3 Å². The Bertz CT molecular complexity index is 547. The van der Waals surface area contributed by atoms with E-state index in [1.165, 1.54) is 12.0 Å². The number of benzene rings is 1. The predicted octanol–water partition coefficient (Wildman–Crippen LogP) is 3.19. The van der Waals surface area contributed by atoms with Gasteiger partial charge in [0, 0.05) is 13.0 Å². The minimum Gasteiger partial charge on any atom is -0.469 e. The van der Waals surface area contributed by atoms with Gasteiger partial charge in [0.25, 0.3) is 11.8 Å². The highest BCUT2D eigenvalue weighted by Gasteiger charge is 2.34. The number of hydrogen-bond donors (Lipinski definition) is 0. The van der Waals surface area contributed by atoms with Crippen LogP contribution in [0.2, 0.25) is 0 Å². The quantitative estimate of drug-likeness (QED) is 0.398. The van der Waals surface area contributed by atoms with Gasteiger partial charge in [-0.1, -0.05) is 37.8 Å². The molecule has 0 aliphatic carbocycles. The molecule has 0 N–H and O–H groups in total. The maximum Gasteiger partial charge on any atom is 0.305 e. The van der Waals surface area contributed by atoms with Gasteiger partial charge >= 0.3 is 5.97 Å². The molecule has 0 bridgehead atoms. The lowest BCUT2D eigenvalue weighted by atomic mass is 10.1. The van der Waals surface area contributed by atoms with Gasteiger partial charge in [-0.15, -0.1) is 0 Å². The predicted molar refractivity (Wildman–Crippen MR) is 86.1 cm³/mol. The summed E-state index contributed by atoms with van der Waals surface area (Å²) in [5.74, 6) is -0.511. The van der Waals surface area contributed by atoms with Crippen LogP contribution in [0.1, 0.15) is 65.7 Å². The van der Waals surface area contributed by atoms with E-state index in [0.717, 1.165) is 38.5 Å². The molecule has 0 spiro atoms.